The van der Waals surface area contributed by atoms with Gasteiger partial charge in [-0.1, -0.05) is 12.2 Å². The Kier molecular flexibility index (Phi) is 6.18. The summed E-state index contributed by atoms with van der Waals surface area (Å²) in [6.45, 7) is 0. The highest BCUT2D eigenvalue weighted by atomic mass is 35.5. The van der Waals surface area contributed by atoms with Gasteiger partial charge in [-0.2, -0.15) is 0 Å². The van der Waals surface area contributed by atoms with E-state index in [-0.39, 0.29) is 4.84 Å². The number of rotatable bonds is 3. The van der Waals surface area contributed by atoms with E-state index in [4.69, 9.17) is 34.8 Å². The lowest BCUT2D eigenvalue weighted by atomic mass is 10.4. The highest BCUT2D eigenvalue weighted by molar-refractivity contribution is 6.44. The summed E-state index contributed by atoms with van der Waals surface area (Å²) < 4.78 is 0. The van der Waals surface area contributed by atoms with Crippen molar-refractivity contribution in [3.8, 4) is 0 Å². The van der Waals surface area contributed by atoms with Crippen LogP contribution in [0.5, 0.6) is 0 Å². The molecular weight excluding hydrogens is 166 g/mol. The van der Waals surface area contributed by atoms with Crippen LogP contribution in [0.25, 0.3) is 0 Å². The molecule has 0 N–H and O–H groups in total. The van der Waals surface area contributed by atoms with Gasteiger partial charge in [-0.15, -0.1) is 34.8 Å². The van der Waals surface area contributed by atoms with E-state index >= 15 is 0 Å². The van der Waals surface area contributed by atoms with Crippen molar-refractivity contribution in [1.82, 2.24) is 0 Å². The average molecular weight is 173 g/mol. The molecule has 8 heavy (non-hydrogen) atoms. The van der Waals surface area contributed by atoms with E-state index in [1.165, 1.54) is 0 Å². The van der Waals surface area contributed by atoms with E-state index in [1.807, 2.05) is 12.2 Å². The quantitative estimate of drug-likeness (QED) is 0.455. The van der Waals surface area contributed by atoms with Gasteiger partial charge in [0.05, 0.1) is 0 Å². The molecule has 0 radical (unpaired) electrons. The fourth-order valence-electron chi connectivity index (χ4n) is 0.262. The maximum atomic E-state index is 5.38. The van der Waals surface area contributed by atoms with Crippen LogP contribution in [0, 0.1) is 0 Å². The molecule has 0 aliphatic heterocycles. The Labute approximate surface area is 64.4 Å². The first kappa shape index (κ1) is 8.61. The minimum Gasteiger partial charge on any atom is -0.122 e. The van der Waals surface area contributed by atoms with E-state index in [0.717, 1.165) is 0 Å². The van der Waals surface area contributed by atoms with Crippen LogP contribution in [-0.4, -0.2) is 10.7 Å². The molecule has 0 heterocycles. The lowest BCUT2D eigenvalue weighted by molar-refractivity contribution is 1.15. The number of allylic oxidation sites excluding steroid dienone is 2. The maximum Gasteiger partial charge on any atom is 0.111 e. The molecule has 0 aromatic heterocycles. The highest BCUT2D eigenvalue weighted by Crippen LogP contribution is 2.06. The molecule has 0 aliphatic carbocycles. The summed E-state index contributed by atoms with van der Waals surface area (Å²) in [4.78, 5) is -0.297. The molecule has 0 aromatic carbocycles. The standard InChI is InChI=1S/C5H7Cl3/c6-4-2-1-3-5(7)8/h1-2,5H,3-4H2/b2-1+. The van der Waals surface area contributed by atoms with Gasteiger partial charge < -0.3 is 0 Å². The second kappa shape index (κ2) is 5.74. The van der Waals surface area contributed by atoms with E-state index in [1.54, 1.807) is 0 Å². The molecule has 0 unspecified atom stereocenters. The van der Waals surface area contributed by atoms with E-state index in [2.05, 4.69) is 0 Å². The Morgan fingerprint density at radius 1 is 1.25 bits per heavy atom. The van der Waals surface area contributed by atoms with Gasteiger partial charge in [0.25, 0.3) is 0 Å². The lowest BCUT2D eigenvalue weighted by Crippen LogP contribution is -1.79. The van der Waals surface area contributed by atoms with E-state index in [9.17, 15) is 0 Å². The lowest BCUT2D eigenvalue weighted by Gasteiger charge is -1.89. The molecule has 0 aliphatic rings. The van der Waals surface area contributed by atoms with Crippen LogP contribution in [0.3, 0.4) is 0 Å². The summed E-state index contributed by atoms with van der Waals surface area (Å²) in [5.74, 6) is 0.528. The van der Waals surface area contributed by atoms with Crippen molar-refractivity contribution < 1.29 is 0 Å². The minimum atomic E-state index is -0.297. The Morgan fingerprint density at radius 3 is 2.25 bits per heavy atom. The summed E-state index contributed by atoms with van der Waals surface area (Å²) in [7, 11) is 0. The minimum absolute atomic E-state index is 0.297. The SMILES string of the molecule is ClC/C=C/CC(Cl)Cl. The van der Waals surface area contributed by atoms with Gasteiger partial charge in [0.15, 0.2) is 0 Å². The van der Waals surface area contributed by atoms with Crippen molar-refractivity contribution in [2.75, 3.05) is 5.88 Å². The molecule has 48 valence electrons. The molecule has 0 atom stereocenters. The topological polar surface area (TPSA) is 0 Å². The van der Waals surface area contributed by atoms with Gasteiger partial charge >= 0.3 is 0 Å². The van der Waals surface area contributed by atoms with Crippen molar-refractivity contribution >= 4 is 34.8 Å². The molecule has 3 heteroatoms. The molecule has 0 rings (SSSR count). The van der Waals surface area contributed by atoms with Crippen LogP contribution >= 0.6 is 34.8 Å². The van der Waals surface area contributed by atoms with Crippen molar-refractivity contribution in [2.45, 2.75) is 11.3 Å². The second-order valence-electron chi connectivity index (χ2n) is 1.25. The van der Waals surface area contributed by atoms with Crippen molar-refractivity contribution in [3.63, 3.8) is 0 Å². The average Bonchev–Trinajstić information content (AvgIpc) is 1.66. The van der Waals surface area contributed by atoms with Crippen LogP contribution in [0.2, 0.25) is 0 Å². The zero-order valence-electron chi connectivity index (χ0n) is 4.28. The zero-order valence-corrected chi connectivity index (χ0v) is 6.55. The third-order valence-corrected chi connectivity index (χ3v) is 1.10. The summed E-state index contributed by atoms with van der Waals surface area (Å²) in [6.07, 6.45) is 4.35. The van der Waals surface area contributed by atoms with Crippen molar-refractivity contribution in [2.24, 2.45) is 0 Å². The number of hydrogen-bond donors (Lipinski definition) is 0. The third-order valence-electron chi connectivity index (χ3n) is 0.570. The van der Waals surface area contributed by atoms with Gasteiger partial charge in [-0.3, -0.25) is 0 Å². The Bertz CT molecular complexity index is 68.1. The van der Waals surface area contributed by atoms with E-state index < -0.39 is 0 Å². The third kappa shape index (κ3) is 6.61. The second-order valence-corrected chi connectivity index (χ2v) is 2.84. The molecular formula is C5H7Cl3. The van der Waals surface area contributed by atoms with Crippen LogP contribution in [0.15, 0.2) is 12.2 Å². The maximum absolute atomic E-state index is 5.38. The van der Waals surface area contributed by atoms with Crippen LogP contribution in [0.4, 0.5) is 0 Å². The summed E-state index contributed by atoms with van der Waals surface area (Å²) >= 11 is 16.1. The first-order chi connectivity index (χ1) is 3.77. The summed E-state index contributed by atoms with van der Waals surface area (Å²) in [5, 5.41) is 0. The normalized spacial score (nSPS) is 11.5. The monoisotopic (exact) mass is 172 g/mol. The molecule has 0 saturated carbocycles. The molecule has 0 spiro atoms. The van der Waals surface area contributed by atoms with E-state index in [0.29, 0.717) is 12.3 Å². The first-order valence-electron chi connectivity index (χ1n) is 2.26. The molecule has 0 bridgehead atoms. The number of hydrogen-bond acceptors (Lipinski definition) is 0. The van der Waals surface area contributed by atoms with Crippen LogP contribution in [-0.2, 0) is 0 Å². The van der Waals surface area contributed by atoms with Gasteiger partial charge in [-0.05, 0) is 6.42 Å². The van der Waals surface area contributed by atoms with Crippen LogP contribution in [0.1, 0.15) is 6.42 Å². The zero-order chi connectivity index (χ0) is 6.41. The molecule has 0 amide bonds. The fraction of sp³-hybridized carbons (Fsp3) is 0.600. The predicted octanol–water partition coefficient (Wildman–Crippen LogP) is 2.98. The summed E-state index contributed by atoms with van der Waals surface area (Å²) in [6, 6.07) is 0. The fourth-order valence-corrected chi connectivity index (χ4v) is 0.594. The Balaban J connectivity index is 3.03. The smallest absolute Gasteiger partial charge is 0.111 e. The van der Waals surface area contributed by atoms with Crippen LogP contribution < -0.4 is 0 Å². The molecule has 0 fully saturated rings. The molecule has 0 nitrogen and oxygen atoms in total. The molecule has 0 aromatic rings. The van der Waals surface area contributed by atoms with Gasteiger partial charge in [0.2, 0.25) is 0 Å². The Hall–Kier alpha value is 0.610. The predicted molar refractivity (Wildman–Crippen MR) is 40.0 cm³/mol. The Morgan fingerprint density at radius 2 is 1.88 bits per heavy atom. The number of alkyl halides is 3. The van der Waals surface area contributed by atoms with Crippen molar-refractivity contribution in [3.05, 3.63) is 12.2 Å². The summed E-state index contributed by atoms with van der Waals surface area (Å²) in [5.41, 5.74) is 0. The first-order valence-corrected chi connectivity index (χ1v) is 3.67. The van der Waals surface area contributed by atoms with Gasteiger partial charge in [-0.25, -0.2) is 0 Å². The molecule has 0 saturated heterocycles. The van der Waals surface area contributed by atoms with Crippen molar-refractivity contribution in [1.29, 1.82) is 0 Å². The van der Waals surface area contributed by atoms with Gasteiger partial charge in [0, 0.05) is 5.88 Å². The largest absolute Gasteiger partial charge is 0.122 e. The highest BCUT2D eigenvalue weighted by Gasteiger charge is 1.90. The number of halogens is 3. The van der Waals surface area contributed by atoms with Gasteiger partial charge in [0.1, 0.15) is 4.84 Å².